The summed E-state index contributed by atoms with van der Waals surface area (Å²) < 4.78 is 0. The van der Waals surface area contributed by atoms with Crippen LogP contribution in [0.1, 0.15) is 24.8 Å². The zero-order valence-corrected chi connectivity index (χ0v) is 9.68. The summed E-state index contributed by atoms with van der Waals surface area (Å²) in [6.07, 6.45) is 0. The van der Waals surface area contributed by atoms with Crippen LogP contribution in [-0.4, -0.2) is 30.6 Å². The molecular formula is C11H18N2S. The normalized spacial score (nSPS) is 26.3. The zero-order chi connectivity index (χ0) is 9.97. The Hall–Kier alpha value is -0.380. The lowest BCUT2D eigenvalue weighted by Gasteiger charge is -2.35. The molecule has 1 saturated heterocycles. The van der Waals surface area contributed by atoms with Crippen LogP contribution in [0.15, 0.2) is 17.5 Å². The first-order valence-electron chi connectivity index (χ1n) is 5.28. The minimum atomic E-state index is 0.583. The Morgan fingerprint density at radius 3 is 3.14 bits per heavy atom. The highest BCUT2D eigenvalue weighted by atomic mass is 32.1. The van der Waals surface area contributed by atoms with Crippen LogP contribution in [0.2, 0.25) is 0 Å². The molecule has 1 aromatic heterocycles. The average molecular weight is 210 g/mol. The van der Waals surface area contributed by atoms with Gasteiger partial charge < -0.3 is 5.32 Å². The molecule has 0 radical (unpaired) electrons. The first-order chi connectivity index (χ1) is 6.77. The fraction of sp³-hybridized carbons (Fsp3) is 0.636. The SMILES string of the molecule is C[C@@H]1CN([C@@H](C)c2cccs2)CCN1. The van der Waals surface area contributed by atoms with Crippen molar-refractivity contribution in [3.8, 4) is 0 Å². The molecule has 2 heterocycles. The first kappa shape index (κ1) is 10.1. The lowest BCUT2D eigenvalue weighted by molar-refractivity contribution is 0.161. The van der Waals surface area contributed by atoms with Gasteiger partial charge in [-0.15, -0.1) is 11.3 Å². The van der Waals surface area contributed by atoms with Crippen LogP contribution in [-0.2, 0) is 0 Å². The summed E-state index contributed by atoms with van der Waals surface area (Å²) in [6.45, 7) is 8.02. The monoisotopic (exact) mass is 210 g/mol. The Balaban J connectivity index is 2.00. The van der Waals surface area contributed by atoms with E-state index in [9.17, 15) is 0 Å². The van der Waals surface area contributed by atoms with Crippen molar-refractivity contribution in [1.82, 2.24) is 10.2 Å². The Bertz CT molecular complexity index is 271. The molecule has 3 heteroatoms. The Morgan fingerprint density at radius 1 is 1.64 bits per heavy atom. The first-order valence-corrected chi connectivity index (χ1v) is 6.16. The minimum Gasteiger partial charge on any atom is -0.312 e. The summed E-state index contributed by atoms with van der Waals surface area (Å²) in [5, 5.41) is 5.64. The molecule has 0 aromatic carbocycles. The fourth-order valence-electron chi connectivity index (χ4n) is 2.02. The highest BCUT2D eigenvalue weighted by molar-refractivity contribution is 7.10. The van der Waals surface area contributed by atoms with Crippen molar-refractivity contribution in [2.45, 2.75) is 25.9 Å². The van der Waals surface area contributed by atoms with Gasteiger partial charge in [0.15, 0.2) is 0 Å². The van der Waals surface area contributed by atoms with E-state index in [1.807, 2.05) is 11.3 Å². The van der Waals surface area contributed by atoms with Crippen molar-refractivity contribution in [3.63, 3.8) is 0 Å². The highest BCUT2D eigenvalue weighted by Crippen LogP contribution is 2.25. The van der Waals surface area contributed by atoms with E-state index in [4.69, 9.17) is 0 Å². The predicted octanol–water partition coefficient (Wildman–Crippen LogP) is 2.10. The lowest BCUT2D eigenvalue weighted by atomic mass is 10.1. The molecule has 1 aromatic rings. The average Bonchev–Trinajstić information content (AvgIpc) is 2.69. The van der Waals surface area contributed by atoms with Crippen LogP contribution in [0, 0.1) is 0 Å². The van der Waals surface area contributed by atoms with Gasteiger partial charge in [0, 0.05) is 36.6 Å². The van der Waals surface area contributed by atoms with E-state index in [0.29, 0.717) is 12.1 Å². The molecule has 2 atom stereocenters. The van der Waals surface area contributed by atoms with Gasteiger partial charge in [-0.05, 0) is 25.3 Å². The third-order valence-corrected chi connectivity index (χ3v) is 3.95. The topological polar surface area (TPSA) is 15.3 Å². The van der Waals surface area contributed by atoms with Crippen LogP contribution >= 0.6 is 11.3 Å². The molecule has 1 fully saturated rings. The molecule has 0 bridgehead atoms. The van der Waals surface area contributed by atoms with E-state index in [2.05, 4.69) is 41.6 Å². The zero-order valence-electron chi connectivity index (χ0n) is 8.86. The van der Waals surface area contributed by atoms with Gasteiger partial charge in [0.05, 0.1) is 0 Å². The largest absolute Gasteiger partial charge is 0.312 e. The van der Waals surface area contributed by atoms with Crippen molar-refractivity contribution >= 4 is 11.3 Å². The maximum absolute atomic E-state index is 3.47. The smallest absolute Gasteiger partial charge is 0.0414 e. The second kappa shape index (κ2) is 4.43. The van der Waals surface area contributed by atoms with Gasteiger partial charge in [0.1, 0.15) is 0 Å². The van der Waals surface area contributed by atoms with E-state index >= 15 is 0 Å². The van der Waals surface area contributed by atoms with E-state index in [-0.39, 0.29) is 0 Å². The van der Waals surface area contributed by atoms with Crippen LogP contribution in [0.4, 0.5) is 0 Å². The molecule has 78 valence electrons. The molecular weight excluding hydrogens is 192 g/mol. The van der Waals surface area contributed by atoms with Crippen molar-refractivity contribution in [1.29, 1.82) is 0 Å². The molecule has 1 N–H and O–H groups in total. The summed E-state index contributed by atoms with van der Waals surface area (Å²) in [6, 6.07) is 5.59. The lowest BCUT2D eigenvalue weighted by Crippen LogP contribution is -2.49. The third-order valence-electron chi connectivity index (χ3n) is 2.90. The fourth-order valence-corrected chi connectivity index (χ4v) is 2.84. The van der Waals surface area contributed by atoms with Gasteiger partial charge in [-0.2, -0.15) is 0 Å². The minimum absolute atomic E-state index is 0.583. The summed E-state index contributed by atoms with van der Waals surface area (Å²) >= 11 is 1.86. The predicted molar refractivity (Wildman–Crippen MR) is 61.8 cm³/mol. The molecule has 0 aliphatic carbocycles. The molecule has 0 amide bonds. The quantitative estimate of drug-likeness (QED) is 0.804. The number of thiophene rings is 1. The van der Waals surface area contributed by atoms with E-state index in [1.54, 1.807) is 0 Å². The summed E-state index contributed by atoms with van der Waals surface area (Å²) in [5.41, 5.74) is 0. The van der Waals surface area contributed by atoms with E-state index < -0.39 is 0 Å². The van der Waals surface area contributed by atoms with Crippen LogP contribution in [0.3, 0.4) is 0 Å². The van der Waals surface area contributed by atoms with Crippen molar-refractivity contribution in [2.24, 2.45) is 0 Å². The van der Waals surface area contributed by atoms with Gasteiger partial charge >= 0.3 is 0 Å². The molecule has 0 unspecified atom stereocenters. The van der Waals surface area contributed by atoms with Gasteiger partial charge in [-0.1, -0.05) is 6.07 Å². The molecule has 1 aliphatic heterocycles. The molecule has 0 spiro atoms. The number of hydrogen-bond donors (Lipinski definition) is 1. The molecule has 0 saturated carbocycles. The van der Waals surface area contributed by atoms with E-state index in [0.717, 1.165) is 6.54 Å². The molecule has 1 aliphatic rings. The Kier molecular flexibility index (Phi) is 3.21. The maximum Gasteiger partial charge on any atom is 0.0414 e. The second-order valence-corrected chi connectivity index (χ2v) is 5.02. The Labute approximate surface area is 89.9 Å². The summed E-state index contributed by atoms with van der Waals surface area (Å²) in [5.74, 6) is 0. The van der Waals surface area contributed by atoms with Gasteiger partial charge in [0.25, 0.3) is 0 Å². The summed E-state index contributed by atoms with van der Waals surface area (Å²) in [4.78, 5) is 4.05. The molecule has 14 heavy (non-hydrogen) atoms. The molecule has 2 nitrogen and oxygen atoms in total. The van der Waals surface area contributed by atoms with Crippen molar-refractivity contribution in [2.75, 3.05) is 19.6 Å². The van der Waals surface area contributed by atoms with Crippen LogP contribution < -0.4 is 5.32 Å². The van der Waals surface area contributed by atoms with Crippen LogP contribution in [0.5, 0.6) is 0 Å². The van der Waals surface area contributed by atoms with Gasteiger partial charge in [-0.3, -0.25) is 4.90 Å². The molecule has 2 rings (SSSR count). The third kappa shape index (κ3) is 2.16. The standard InChI is InChI=1S/C11H18N2S/c1-9-8-13(6-5-12-9)10(2)11-4-3-7-14-11/h3-4,7,9-10,12H,5-6,8H2,1-2H3/t9-,10+/m1/s1. The number of nitrogens with one attached hydrogen (secondary N) is 1. The summed E-state index contributed by atoms with van der Waals surface area (Å²) in [7, 11) is 0. The van der Waals surface area contributed by atoms with Crippen molar-refractivity contribution in [3.05, 3.63) is 22.4 Å². The number of rotatable bonds is 2. The van der Waals surface area contributed by atoms with Gasteiger partial charge in [-0.25, -0.2) is 0 Å². The number of nitrogens with zero attached hydrogens (tertiary/aromatic N) is 1. The van der Waals surface area contributed by atoms with Crippen molar-refractivity contribution < 1.29 is 0 Å². The second-order valence-electron chi connectivity index (χ2n) is 4.04. The maximum atomic E-state index is 3.47. The van der Waals surface area contributed by atoms with Gasteiger partial charge in [0.2, 0.25) is 0 Å². The Morgan fingerprint density at radius 2 is 2.50 bits per heavy atom. The number of hydrogen-bond acceptors (Lipinski definition) is 3. The number of piperazine rings is 1. The van der Waals surface area contributed by atoms with Crippen LogP contribution in [0.25, 0.3) is 0 Å². The van der Waals surface area contributed by atoms with E-state index in [1.165, 1.54) is 18.0 Å². The highest BCUT2D eigenvalue weighted by Gasteiger charge is 2.21.